The van der Waals surface area contributed by atoms with Gasteiger partial charge in [0.25, 0.3) is 11.7 Å². The van der Waals surface area contributed by atoms with E-state index in [0.29, 0.717) is 25.7 Å². The Balaban J connectivity index is 1.64. The maximum atomic E-state index is 13.8. The lowest BCUT2D eigenvalue weighted by molar-refractivity contribution is -0.381. The van der Waals surface area contributed by atoms with Crippen molar-refractivity contribution in [3.05, 3.63) is 23.8 Å². The number of phenols is 1. The summed E-state index contributed by atoms with van der Waals surface area (Å²) in [7, 11) is 2.57. The van der Waals surface area contributed by atoms with Crippen LogP contribution in [0.2, 0.25) is 0 Å². The number of nitrogens with one attached hydrogen (secondary N) is 2. The molecule has 3 saturated heterocycles. The smallest absolute Gasteiger partial charge is 0.364 e. The Kier molecular flexibility index (Phi) is 21.1. The van der Waals surface area contributed by atoms with Gasteiger partial charge in [0.05, 0.1) is 46.2 Å². The van der Waals surface area contributed by atoms with Crippen LogP contribution < -0.4 is 15.4 Å². The molecule has 25 nitrogen and oxygen atoms in total. The Morgan fingerprint density at radius 3 is 2.05 bits per heavy atom. The molecule has 3 heterocycles. The summed E-state index contributed by atoms with van der Waals surface area (Å²) in [6.07, 6.45) is -21.7. The first-order valence-electron chi connectivity index (χ1n) is 21.5. The number of rotatable bonds is 24. The molecule has 0 saturated carbocycles. The highest BCUT2D eigenvalue weighted by Crippen LogP contribution is 2.38. The number of carboxylic acids is 1. The number of benzene rings is 1. The van der Waals surface area contributed by atoms with Gasteiger partial charge in [-0.15, -0.1) is 0 Å². The first-order chi connectivity index (χ1) is 31.4. The highest BCUT2D eigenvalue weighted by molar-refractivity contribution is 5.95. The Morgan fingerprint density at radius 2 is 1.45 bits per heavy atom. The number of aromatic hydroxyl groups is 1. The highest BCUT2D eigenvalue weighted by atomic mass is 16.8. The van der Waals surface area contributed by atoms with Gasteiger partial charge in [-0.2, -0.15) is 0 Å². The van der Waals surface area contributed by atoms with E-state index in [-0.39, 0.29) is 29.6 Å². The summed E-state index contributed by atoms with van der Waals surface area (Å²) in [4.78, 5) is 50.2. The van der Waals surface area contributed by atoms with Crippen molar-refractivity contribution in [3.8, 4) is 11.5 Å². The number of esters is 1. The zero-order valence-corrected chi connectivity index (χ0v) is 36.7. The van der Waals surface area contributed by atoms with E-state index in [4.69, 9.17) is 33.2 Å². The number of methoxy groups -OCH3 is 2. The van der Waals surface area contributed by atoms with Crippen LogP contribution in [-0.2, 0) is 47.5 Å². The van der Waals surface area contributed by atoms with Gasteiger partial charge in [-0.25, -0.2) is 4.79 Å². The molecule has 0 radical (unpaired) electrons. The number of amides is 2. The number of aliphatic hydroxyl groups is 9. The van der Waals surface area contributed by atoms with E-state index < -0.39 is 142 Å². The van der Waals surface area contributed by atoms with Crippen molar-refractivity contribution in [2.24, 2.45) is 0 Å². The van der Waals surface area contributed by atoms with E-state index in [1.54, 1.807) is 0 Å². The average molecular weight is 953 g/mol. The molecule has 0 spiro atoms. The maximum Gasteiger partial charge on any atom is 0.364 e. The molecule has 3 aliphatic rings. The van der Waals surface area contributed by atoms with Crippen LogP contribution in [0.15, 0.2) is 18.2 Å². The lowest BCUT2D eigenvalue weighted by Gasteiger charge is -2.51. The summed E-state index contributed by atoms with van der Waals surface area (Å²) in [5.74, 6) is -7.38. The molecule has 1 aromatic carbocycles. The molecule has 0 aliphatic carbocycles. The van der Waals surface area contributed by atoms with E-state index >= 15 is 0 Å². The molecule has 3 aliphatic heterocycles. The Hall–Kier alpha value is -3.90. The highest BCUT2D eigenvalue weighted by Gasteiger charge is 2.60. The Morgan fingerprint density at radius 1 is 0.833 bits per heavy atom. The van der Waals surface area contributed by atoms with E-state index in [1.807, 2.05) is 0 Å². The fourth-order valence-electron chi connectivity index (χ4n) is 7.89. The van der Waals surface area contributed by atoms with Crippen LogP contribution in [-0.4, -0.2) is 218 Å². The molecular formula is C41H64N2O23. The predicted molar refractivity (Wildman–Crippen MR) is 218 cm³/mol. The minimum atomic E-state index is -3.10. The first-order valence-corrected chi connectivity index (χ1v) is 21.5. The fourth-order valence-corrected chi connectivity index (χ4v) is 7.89. The third kappa shape index (κ3) is 13.6. The maximum absolute atomic E-state index is 13.8. The molecule has 25 heteroatoms. The molecule has 2 amide bonds. The number of unbranched alkanes of at least 4 members (excludes halogenated alkanes) is 5. The van der Waals surface area contributed by atoms with Gasteiger partial charge in [0.2, 0.25) is 5.91 Å². The second-order valence-corrected chi connectivity index (χ2v) is 16.2. The first kappa shape index (κ1) is 54.7. The second-order valence-electron chi connectivity index (χ2n) is 16.2. The molecule has 13 N–H and O–H groups in total. The molecular weight excluding hydrogens is 888 g/mol. The van der Waals surface area contributed by atoms with Crippen LogP contribution in [0.3, 0.4) is 0 Å². The molecule has 11 unspecified atom stereocenters. The van der Waals surface area contributed by atoms with E-state index in [2.05, 4.69) is 15.4 Å². The van der Waals surface area contributed by atoms with Crippen molar-refractivity contribution >= 4 is 23.8 Å². The lowest BCUT2D eigenvalue weighted by atomic mass is 9.88. The van der Waals surface area contributed by atoms with Gasteiger partial charge in [0.1, 0.15) is 67.1 Å². The van der Waals surface area contributed by atoms with Crippen molar-refractivity contribution in [3.63, 3.8) is 0 Å². The van der Waals surface area contributed by atoms with Crippen LogP contribution in [0.1, 0.15) is 68.6 Å². The molecule has 0 aromatic heterocycles. The number of ether oxygens (including phenoxy) is 8. The van der Waals surface area contributed by atoms with Crippen molar-refractivity contribution < 1.29 is 113 Å². The number of hydrogen-bond acceptors (Lipinski definition) is 22. The van der Waals surface area contributed by atoms with E-state index in [1.165, 1.54) is 32.4 Å². The summed E-state index contributed by atoms with van der Waals surface area (Å²) in [6.45, 7) is -1.89. The summed E-state index contributed by atoms with van der Waals surface area (Å²) < 4.78 is 45.0. The molecule has 0 bridgehead atoms. The fraction of sp³-hybridized carbons (Fsp3) is 0.756. The predicted octanol–water partition coefficient (Wildman–Crippen LogP) is -4.14. The molecule has 66 heavy (non-hydrogen) atoms. The van der Waals surface area contributed by atoms with Gasteiger partial charge in [0.15, 0.2) is 24.1 Å². The van der Waals surface area contributed by atoms with Crippen molar-refractivity contribution in [2.45, 2.75) is 156 Å². The minimum absolute atomic E-state index is 0.0153. The number of carbonyl (C=O) groups excluding carboxylic acids is 3. The number of hydrogen-bond donors (Lipinski definition) is 13. The molecule has 4 rings (SSSR count). The zero-order chi connectivity index (χ0) is 48.9. The number of aliphatic carboxylic acids is 1. The normalized spacial score (nSPS) is 33.3. The van der Waals surface area contributed by atoms with Crippen LogP contribution >= 0.6 is 0 Å². The monoisotopic (exact) mass is 952 g/mol. The van der Waals surface area contributed by atoms with Crippen LogP contribution in [0.4, 0.5) is 0 Å². The summed E-state index contributed by atoms with van der Waals surface area (Å²) >= 11 is 0. The SMILES string of the molecule is COC(=O)CCCCCCCCO[C@@H]1OC(CO)[C@@H](O)C(OC2OC(CO)[C@H](O)C(O[C@]3(C(=O)O)CC(O)[C@@H](NC(C)=O)C(C(O)C(O)CO)O3)C2O)C1NC(=O)c1ccc(O)c(OC)c1. The van der Waals surface area contributed by atoms with Gasteiger partial charge >= 0.3 is 11.9 Å². The third-order valence-corrected chi connectivity index (χ3v) is 11.5. The number of phenolic OH excluding ortho intramolecular Hbond substituents is 1. The van der Waals surface area contributed by atoms with Gasteiger partial charge in [-0.3, -0.25) is 14.4 Å². The minimum Gasteiger partial charge on any atom is -0.504 e. The molecule has 16 atom stereocenters. The quantitative estimate of drug-likeness (QED) is 0.0346. The zero-order valence-electron chi connectivity index (χ0n) is 36.7. The Labute approximate surface area is 379 Å². The molecule has 376 valence electrons. The van der Waals surface area contributed by atoms with Gasteiger partial charge < -0.3 is 105 Å². The van der Waals surface area contributed by atoms with Gasteiger partial charge in [-0.05, 0) is 31.0 Å². The van der Waals surface area contributed by atoms with Gasteiger partial charge in [-0.1, -0.05) is 25.7 Å². The van der Waals surface area contributed by atoms with Crippen molar-refractivity contribution in [1.29, 1.82) is 0 Å². The number of carbonyl (C=O) groups is 4. The van der Waals surface area contributed by atoms with Crippen LogP contribution in [0.25, 0.3) is 0 Å². The topological polar surface area (TPSA) is 389 Å². The largest absolute Gasteiger partial charge is 0.504 e. The van der Waals surface area contributed by atoms with E-state index in [0.717, 1.165) is 26.2 Å². The standard InChI is InChI=1S/C41H64N2O23/c1-19(47)42-28-22(49)15-41(40(57)58,65-35(28)30(52)23(50)16-44)66-36-32(54)26(18-46)63-39(33(36)55)64-34-29(43-37(56)20-11-12-21(48)24(14-20)59-2)38(62-25(17-45)31(34)53)61-13-9-7-5-4-6-8-10-27(51)60-3/h11-12,14,22-23,25-26,28-36,38-39,44-46,48-50,52-55H,4-10,13,15-18H2,1-3H3,(H,42,47)(H,43,56)(H,57,58)/t22?,23?,25?,26?,28-,29?,30?,31-,32+,33?,34?,35?,36?,38-,39?,41+/m1/s1. The average Bonchev–Trinajstić information content (AvgIpc) is 3.29. The Bertz CT molecular complexity index is 1730. The molecule has 3 fully saturated rings. The van der Waals surface area contributed by atoms with Gasteiger partial charge in [0, 0.05) is 31.9 Å². The number of aliphatic hydroxyl groups excluding tert-OH is 9. The summed E-state index contributed by atoms with van der Waals surface area (Å²) in [5.41, 5.74) is -0.0664. The third-order valence-electron chi connectivity index (χ3n) is 11.5. The lowest BCUT2D eigenvalue weighted by Crippen LogP contribution is -2.71. The summed E-state index contributed by atoms with van der Waals surface area (Å²) in [5, 5.41) is 123. The summed E-state index contributed by atoms with van der Waals surface area (Å²) in [6, 6.07) is 0.512. The van der Waals surface area contributed by atoms with E-state index in [9.17, 15) is 75.3 Å². The molecule has 1 aromatic rings. The van der Waals surface area contributed by atoms with Crippen LogP contribution in [0, 0.1) is 0 Å². The second kappa shape index (κ2) is 25.5. The van der Waals surface area contributed by atoms with Crippen molar-refractivity contribution in [2.75, 3.05) is 40.6 Å². The van der Waals surface area contributed by atoms with Crippen LogP contribution in [0.5, 0.6) is 11.5 Å². The number of carboxylic acid groups (broad SMARTS) is 1. The van der Waals surface area contributed by atoms with Crippen molar-refractivity contribution in [1.82, 2.24) is 10.6 Å².